The number of hydrogen-bond donors (Lipinski definition) is 0. The molecule has 2 heteroatoms. The van der Waals surface area contributed by atoms with E-state index >= 15 is 0 Å². The molecule has 1 aliphatic heterocycles. The van der Waals surface area contributed by atoms with E-state index < -0.39 is 0 Å². The zero-order chi connectivity index (χ0) is 12.0. The molecule has 0 aromatic carbocycles. The van der Waals surface area contributed by atoms with Crippen molar-refractivity contribution in [2.75, 3.05) is 6.54 Å². The van der Waals surface area contributed by atoms with Gasteiger partial charge in [-0.05, 0) is 18.8 Å². The lowest BCUT2D eigenvalue weighted by Gasteiger charge is -2.34. The number of likely N-dealkylation sites (tertiary alicyclic amines) is 1. The maximum absolute atomic E-state index is 11.8. The SMILES string of the molecule is CCCCC(C(CC)CC)N1CCCC1=O. The van der Waals surface area contributed by atoms with E-state index in [0.717, 1.165) is 19.4 Å². The lowest BCUT2D eigenvalue weighted by molar-refractivity contribution is -0.131. The first-order valence-electron chi connectivity index (χ1n) is 7.04. The van der Waals surface area contributed by atoms with E-state index in [1.165, 1.54) is 32.1 Å². The molecule has 94 valence electrons. The van der Waals surface area contributed by atoms with Gasteiger partial charge in [0.15, 0.2) is 0 Å². The Kier molecular flexibility index (Phi) is 5.86. The van der Waals surface area contributed by atoms with E-state index in [9.17, 15) is 4.79 Å². The minimum atomic E-state index is 0.396. The van der Waals surface area contributed by atoms with E-state index in [1.807, 2.05) is 0 Å². The molecule has 0 radical (unpaired) electrons. The van der Waals surface area contributed by atoms with Crippen molar-refractivity contribution in [1.82, 2.24) is 4.90 Å². The number of hydrogen-bond acceptors (Lipinski definition) is 1. The van der Waals surface area contributed by atoms with Crippen molar-refractivity contribution in [3.05, 3.63) is 0 Å². The molecule has 1 saturated heterocycles. The Bertz CT molecular complexity index is 211. The quantitative estimate of drug-likeness (QED) is 0.648. The second kappa shape index (κ2) is 6.93. The summed E-state index contributed by atoms with van der Waals surface area (Å²) in [4.78, 5) is 14.0. The van der Waals surface area contributed by atoms with Crippen molar-refractivity contribution in [2.24, 2.45) is 5.92 Å². The lowest BCUT2D eigenvalue weighted by atomic mass is 9.89. The molecule has 0 aromatic heterocycles. The van der Waals surface area contributed by atoms with Gasteiger partial charge in [0.1, 0.15) is 0 Å². The molecule has 0 aromatic rings. The summed E-state index contributed by atoms with van der Waals surface area (Å²) in [7, 11) is 0. The highest BCUT2D eigenvalue weighted by molar-refractivity contribution is 5.78. The summed E-state index contributed by atoms with van der Waals surface area (Å²) in [5.74, 6) is 1.10. The van der Waals surface area contributed by atoms with E-state index in [4.69, 9.17) is 0 Å². The van der Waals surface area contributed by atoms with Crippen LogP contribution in [0, 0.1) is 5.92 Å². The summed E-state index contributed by atoms with van der Waals surface area (Å²) in [6.45, 7) is 7.75. The summed E-state index contributed by atoms with van der Waals surface area (Å²) in [5, 5.41) is 0. The molecule has 1 unspecified atom stereocenters. The monoisotopic (exact) mass is 225 g/mol. The van der Waals surface area contributed by atoms with Crippen molar-refractivity contribution < 1.29 is 4.79 Å². The molecule has 16 heavy (non-hydrogen) atoms. The van der Waals surface area contributed by atoms with Crippen LogP contribution in [-0.4, -0.2) is 23.4 Å². The molecule has 1 atom stereocenters. The maximum Gasteiger partial charge on any atom is 0.222 e. The van der Waals surface area contributed by atoms with Gasteiger partial charge in [0.2, 0.25) is 5.91 Å². The first kappa shape index (κ1) is 13.5. The summed E-state index contributed by atoms with van der Waals surface area (Å²) in [5.41, 5.74) is 0. The number of unbranched alkanes of at least 4 members (excludes halogenated alkanes) is 1. The molecule has 1 fully saturated rings. The van der Waals surface area contributed by atoms with Gasteiger partial charge in [0.05, 0.1) is 0 Å². The third-order valence-corrected chi connectivity index (χ3v) is 3.96. The van der Waals surface area contributed by atoms with Crippen LogP contribution in [0.15, 0.2) is 0 Å². The Hall–Kier alpha value is -0.530. The Labute approximate surface area is 100 Å². The van der Waals surface area contributed by atoms with E-state index in [2.05, 4.69) is 25.7 Å². The molecule has 0 spiro atoms. The molecule has 0 aliphatic carbocycles. The fourth-order valence-corrected chi connectivity index (χ4v) is 2.91. The summed E-state index contributed by atoms with van der Waals surface area (Å²) >= 11 is 0. The van der Waals surface area contributed by atoms with Gasteiger partial charge in [-0.2, -0.15) is 0 Å². The summed E-state index contributed by atoms with van der Waals surface area (Å²) in [6, 6.07) is 0.518. The van der Waals surface area contributed by atoms with Gasteiger partial charge in [-0.15, -0.1) is 0 Å². The number of carbonyl (C=O) groups excluding carboxylic acids is 1. The molecular weight excluding hydrogens is 198 g/mol. The molecule has 0 saturated carbocycles. The predicted molar refractivity (Wildman–Crippen MR) is 68.3 cm³/mol. The molecule has 1 rings (SSSR count). The van der Waals surface area contributed by atoms with Gasteiger partial charge in [-0.25, -0.2) is 0 Å². The number of carbonyl (C=O) groups is 1. The minimum absolute atomic E-state index is 0.396. The number of amides is 1. The van der Waals surface area contributed by atoms with Crippen molar-refractivity contribution in [3.63, 3.8) is 0 Å². The maximum atomic E-state index is 11.8. The van der Waals surface area contributed by atoms with Crippen LogP contribution < -0.4 is 0 Å². The van der Waals surface area contributed by atoms with E-state index in [-0.39, 0.29) is 0 Å². The van der Waals surface area contributed by atoms with Gasteiger partial charge in [-0.1, -0.05) is 46.5 Å². The van der Waals surface area contributed by atoms with Crippen LogP contribution in [0.1, 0.15) is 65.7 Å². The second-order valence-corrected chi connectivity index (χ2v) is 4.98. The molecule has 2 nitrogen and oxygen atoms in total. The zero-order valence-corrected chi connectivity index (χ0v) is 11.2. The highest BCUT2D eigenvalue weighted by Crippen LogP contribution is 2.27. The Morgan fingerprint density at radius 1 is 1.25 bits per heavy atom. The largest absolute Gasteiger partial charge is 0.339 e. The topological polar surface area (TPSA) is 20.3 Å². The third kappa shape index (κ3) is 3.23. The van der Waals surface area contributed by atoms with Crippen molar-refractivity contribution >= 4 is 5.91 Å². The molecule has 1 amide bonds. The molecule has 1 heterocycles. The smallest absolute Gasteiger partial charge is 0.222 e. The van der Waals surface area contributed by atoms with Gasteiger partial charge < -0.3 is 4.90 Å². The fourth-order valence-electron chi connectivity index (χ4n) is 2.91. The number of nitrogens with zero attached hydrogens (tertiary/aromatic N) is 1. The molecule has 0 bridgehead atoms. The zero-order valence-electron chi connectivity index (χ0n) is 11.2. The van der Waals surface area contributed by atoms with Crippen LogP contribution in [0.2, 0.25) is 0 Å². The fraction of sp³-hybridized carbons (Fsp3) is 0.929. The Balaban J connectivity index is 2.64. The standard InChI is InChI=1S/C14H27NO/c1-4-7-9-13(12(5-2)6-3)15-11-8-10-14(15)16/h12-13H,4-11H2,1-3H3. The van der Waals surface area contributed by atoms with Crippen LogP contribution in [-0.2, 0) is 4.79 Å². The van der Waals surface area contributed by atoms with Gasteiger partial charge >= 0.3 is 0 Å². The highest BCUT2D eigenvalue weighted by atomic mass is 16.2. The lowest BCUT2D eigenvalue weighted by Crippen LogP contribution is -2.41. The number of rotatable bonds is 7. The first-order chi connectivity index (χ1) is 7.74. The molecular formula is C14H27NO. The van der Waals surface area contributed by atoms with Crippen LogP contribution >= 0.6 is 0 Å². The van der Waals surface area contributed by atoms with Crippen LogP contribution in [0.4, 0.5) is 0 Å². The average Bonchev–Trinajstić information content (AvgIpc) is 2.71. The van der Waals surface area contributed by atoms with E-state index in [1.54, 1.807) is 0 Å². The average molecular weight is 225 g/mol. The van der Waals surface area contributed by atoms with Gasteiger partial charge in [0, 0.05) is 19.0 Å². The van der Waals surface area contributed by atoms with Crippen LogP contribution in [0.3, 0.4) is 0 Å². The molecule has 1 aliphatic rings. The van der Waals surface area contributed by atoms with Crippen LogP contribution in [0.25, 0.3) is 0 Å². The van der Waals surface area contributed by atoms with Gasteiger partial charge in [-0.3, -0.25) is 4.79 Å². The summed E-state index contributed by atoms with van der Waals surface area (Å²) < 4.78 is 0. The Morgan fingerprint density at radius 3 is 2.38 bits per heavy atom. The predicted octanol–water partition coefficient (Wildman–Crippen LogP) is 3.60. The van der Waals surface area contributed by atoms with Crippen LogP contribution in [0.5, 0.6) is 0 Å². The van der Waals surface area contributed by atoms with E-state index in [0.29, 0.717) is 17.9 Å². The van der Waals surface area contributed by atoms with Crippen molar-refractivity contribution in [3.8, 4) is 0 Å². The Morgan fingerprint density at radius 2 is 1.94 bits per heavy atom. The third-order valence-electron chi connectivity index (χ3n) is 3.96. The summed E-state index contributed by atoms with van der Waals surface area (Å²) in [6.07, 6.45) is 7.95. The highest BCUT2D eigenvalue weighted by Gasteiger charge is 2.31. The normalized spacial score (nSPS) is 18.5. The van der Waals surface area contributed by atoms with Crippen molar-refractivity contribution in [2.45, 2.75) is 71.8 Å². The minimum Gasteiger partial charge on any atom is -0.339 e. The van der Waals surface area contributed by atoms with Crippen molar-refractivity contribution in [1.29, 1.82) is 0 Å². The molecule has 0 N–H and O–H groups in total. The first-order valence-corrected chi connectivity index (χ1v) is 7.04. The van der Waals surface area contributed by atoms with Gasteiger partial charge in [0.25, 0.3) is 0 Å². The second-order valence-electron chi connectivity index (χ2n) is 4.98.